The number of hydrogen-bond donors (Lipinski definition) is 3. The van der Waals surface area contributed by atoms with Crippen LogP contribution in [-0.4, -0.2) is 50.3 Å². The highest BCUT2D eigenvalue weighted by Crippen LogP contribution is 2.27. The van der Waals surface area contributed by atoms with E-state index in [1.165, 1.54) is 25.3 Å². The molecule has 36 heavy (non-hydrogen) atoms. The molecule has 0 aliphatic carbocycles. The molecule has 1 heterocycles. The van der Waals surface area contributed by atoms with Crippen LogP contribution in [-0.2, 0) is 0 Å². The zero-order valence-electron chi connectivity index (χ0n) is 20.0. The Bertz CT molecular complexity index is 1230. The number of hydrogen-bond acceptors (Lipinski definition) is 4. The van der Waals surface area contributed by atoms with Crippen LogP contribution in [0.2, 0.25) is 5.02 Å². The van der Waals surface area contributed by atoms with Gasteiger partial charge in [-0.25, -0.2) is 14.0 Å². The fraction of sp³-hybridized carbons (Fsp3) is 0.231. The summed E-state index contributed by atoms with van der Waals surface area (Å²) in [6.07, 6.45) is 0. The first kappa shape index (κ1) is 25.1. The number of nitrogens with zero attached hydrogens (tertiary/aromatic N) is 2. The molecular weight excluding hydrogens is 485 g/mol. The summed E-state index contributed by atoms with van der Waals surface area (Å²) in [5.74, 6) is -0.122. The molecule has 1 fully saturated rings. The minimum Gasteiger partial charge on any atom is -0.495 e. The minimum atomic E-state index is -0.514. The second-order valence-electron chi connectivity index (χ2n) is 8.31. The molecule has 0 aromatic heterocycles. The van der Waals surface area contributed by atoms with E-state index in [4.69, 9.17) is 16.3 Å². The molecule has 3 aromatic rings. The van der Waals surface area contributed by atoms with E-state index >= 15 is 0 Å². The highest BCUT2D eigenvalue weighted by atomic mass is 35.5. The maximum atomic E-state index is 13.5. The Kier molecular flexibility index (Phi) is 7.80. The van der Waals surface area contributed by atoms with E-state index in [-0.39, 0.29) is 11.7 Å². The summed E-state index contributed by atoms with van der Waals surface area (Å²) in [4.78, 5) is 29.0. The number of nitrogens with one attached hydrogen (secondary N) is 3. The Balaban J connectivity index is 1.29. The van der Waals surface area contributed by atoms with Crippen molar-refractivity contribution in [3.8, 4) is 5.75 Å². The quantitative estimate of drug-likeness (QED) is 0.404. The standard InChI is InChI=1S/C26H27ClFN5O3/c1-17-4-3-5-21(27)24(17)31-26(35)33-14-12-32(13-15-33)20-9-7-19(8-10-20)29-25(34)30-22-16-18(28)6-11-23(22)36-2/h3-11,16H,12-15H2,1-2H3,(H,31,35)(H2,29,30,34). The van der Waals surface area contributed by atoms with Gasteiger partial charge in [0.05, 0.1) is 23.5 Å². The van der Waals surface area contributed by atoms with Gasteiger partial charge in [0.1, 0.15) is 11.6 Å². The first-order valence-electron chi connectivity index (χ1n) is 11.4. The van der Waals surface area contributed by atoms with E-state index < -0.39 is 11.8 Å². The summed E-state index contributed by atoms with van der Waals surface area (Å²) in [5.41, 5.74) is 3.34. The summed E-state index contributed by atoms with van der Waals surface area (Å²) in [6.45, 7) is 4.36. The van der Waals surface area contributed by atoms with Gasteiger partial charge in [0.2, 0.25) is 0 Å². The Labute approximate surface area is 214 Å². The van der Waals surface area contributed by atoms with E-state index in [2.05, 4.69) is 20.9 Å². The Morgan fingerprint density at radius 3 is 2.33 bits per heavy atom. The molecule has 3 N–H and O–H groups in total. The number of halogens is 2. The molecule has 0 spiro atoms. The van der Waals surface area contributed by atoms with Crippen LogP contribution in [0, 0.1) is 12.7 Å². The van der Waals surface area contributed by atoms with Gasteiger partial charge in [-0.05, 0) is 55.0 Å². The van der Waals surface area contributed by atoms with E-state index in [0.29, 0.717) is 48.3 Å². The van der Waals surface area contributed by atoms with Crippen LogP contribution >= 0.6 is 11.6 Å². The first-order valence-corrected chi connectivity index (χ1v) is 11.8. The fourth-order valence-electron chi connectivity index (χ4n) is 3.96. The maximum Gasteiger partial charge on any atom is 0.323 e. The molecule has 1 saturated heterocycles. The van der Waals surface area contributed by atoms with E-state index in [9.17, 15) is 14.0 Å². The third kappa shape index (κ3) is 5.98. The number of aryl methyl sites for hydroxylation is 1. The van der Waals surface area contributed by atoms with Gasteiger partial charge >= 0.3 is 12.1 Å². The highest BCUT2D eigenvalue weighted by molar-refractivity contribution is 6.33. The molecule has 8 nitrogen and oxygen atoms in total. The van der Waals surface area contributed by atoms with Crippen molar-refractivity contribution in [2.75, 3.05) is 54.1 Å². The van der Waals surface area contributed by atoms with Crippen LogP contribution in [0.3, 0.4) is 0 Å². The van der Waals surface area contributed by atoms with Gasteiger partial charge in [0, 0.05) is 43.6 Å². The van der Waals surface area contributed by atoms with E-state index in [0.717, 1.165) is 11.3 Å². The molecule has 0 unspecified atom stereocenters. The topological polar surface area (TPSA) is 85.9 Å². The van der Waals surface area contributed by atoms with Crippen molar-refractivity contribution in [2.24, 2.45) is 0 Å². The van der Waals surface area contributed by atoms with Crippen molar-refractivity contribution in [3.63, 3.8) is 0 Å². The summed E-state index contributed by atoms with van der Waals surface area (Å²) >= 11 is 6.23. The zero-order valence-corrected chi connectivity index (χ0v) is 20.7. The average Bonchev–Trinajstić information content (AvgIpc) is 2.87. The normalized spacial score (nSPS) is 13.2. The lowest BCUT2D eigenvalue weighted by molar-refractivity contribution is 0.208. The predicted octanol–water partition coefficient (Wildman–Crippen LogP) is 5.79. The number of amides is 4. The van der Waals surface area contributed by atoms with Gasteiger partial charge in [-0.15, -0.1) is 0 Å². The third-order valence-electron chi connectivity index (χ3n) is 5.92. The van der Waals surface area contributed by atoms with Crippen molar-refractivity contribution in [2.45, 2.75) is 6.92 Å². The minimum absolute atomic E-state index is 0.175. The number of piperazine rings is 1. The third-order valence-corrected chi connectivity index (χ3v) is 6.24. The van der Waals surface area contributed by atoms with Crippen molar-refractivity contribution in [1.29, 1.82) is 0 Å². The number of carbonyl (C=O) groups excluding carboxylic acids is 2. The molecule has 4 amide bonds. The van der Waals surface area contributed by atoms with Crippen LogP contribution in [0.1, 0.15) is 5.56 Å². The molecule has 188 valence electrons. The molecule has 0 bridgehead atoms. The number of anilines is 4. The van der Waals surface area contributed by atoms with E-state index in [1.54, 1.807) is 23.1 Å². The van der Waals surface area contributed by atoms with Crippen LogP contribution in [0.15, 0.2) is 60.7 Å². The molecule has 0 radical (unpaired) electrons. The highest BCUT2D eigenvalue weighted by Gasteiger charge is 2.22. The molecule has 0 saturated carbocycles. The number of benzene rings is 3. The first-order chi connectivity index (χ1) is 17.3. The Hall–Kier alpha value is -3.98. The SMILES string of the molecule is COc1ccc(F)cc1NC(=O)Nc1ccc(N2CCN(C(=O)Nc3c(C)cccc3Cl)CC2)cc1. The van der Waals surface area contributed by atoms with Crippen LogP contribution in [0.25, 0.3) is 0 Å². The fourth-order valence-corrected chi connectivity index (χ4v) is 4.23. The second-order valence-corrected chi connectivity index (χ2v) is 8.71. The van der Waals surface area contributed by atoms with Gasteiger partial charge in [-0.1, -0.05) is 23.7 Å². The molecule has 10 heteroatoms. The lowest BCUT2D eigenvalue weighted by Crippen LogP contribution is -2.50. The number of para-hydroxylation sites is 1. The molecule has 0 atom stereocenters. The summed E-state index contributed by atoms with van der Waals surface area (Å²) in [7, 11) is 1.45. The summed E-state index contributed by atoms with van der Waals surface area (Å²) in [5, 5.41) is 8.75. The van der Waals surface area contributed by atoms with Crippen molar-refractivity contribution < 1.29 is 18.7 Å². The van der Waals surface area contributed by atoms with Crippen molar-refractivity contribution >= 4 is 46.4 Å². The maximum absolute atomic E-state index is 13.5. The van der Waals surface area contributed by atoms with Gasteiger partial charge < -0.3 is 30.5 Å². The average molecular weight is 512 g/mol. The van der Waals surface area contributed by atoms with Crippen LogP contribution in [0.5, 0.6) is 5.75 Å². The Morgan fingerprint density at radius 1 is 0.944 bits per heavy atom. The van der Waals surface area contributed by atoms with E-state index in [1.807, 2.05) is 31.2 Å². The molecule has 4 rings (SSSR count). The molecule has 1 aliphatic heterocycles. The number of ether oxygens (including phenoxy) is 1. The lowest BCUT2D eigenvalue weighted by Gasteiger charge is -2.36. The number of urea groups is 2. The number of rotatable bonds is 5. The number of carbonyl (C=O) groups is 2. The Morgan fingerprint density at radius 2 is 1.67 bits per heavy atom. The van der Waals surface area contributed by atoms with Gasteiger partial charge in [0.25, 0.3) is 0 Å². The smallest absolute Gasteiger partial charge is 0.323 e. The monoisotopic (exact) mass is 511 g/mol. The largest absolute Gasteiger partial charge is 0.495 e. The summed E-state index contributed by atoms with van der Waals surface area (Å²) < 4.78 is 18.7. The second kappa shape index (κ2) is 11.2. The van der Waals surface area contributed by atoms with Crippen molar-refractivity contribution in [3.05, 3.63) is 77.1 Å². The van der Waals surface area contributed by atoms with Gasteiger partial charge in [0.15, 0.2) is 0 Å². The van der Waals surface area contributed by atoms with Crippen LogP contribution < -0.4 is 25.6 Å². The molecular formula is C26H27ClFN5O3. The van der Waals surface area contributed by atoms with Crippen LogP contribution in [0.4, 0.5) is 36.7 Å². The number of methoxy groups -OCH3 is 1. The summed E-state index contributed by atoms with van der Waals surface area (Å²) in [6, 6.07) is 16.1. The zero-order chi connectivity index (χ0) is 25.7. The van der Waals surface area contributed by atoms with Gasteiger partial charge in [-0.3, -0.25) is 0 Å². The van der Waals surface area contributed by atoms with Gasteiger partial charge in [-0.2, -0.15) is 0 Å². The lowest BCUT2D eigenvalue weighted by atomic mass is 10.2. The van der Waals surface area contributed by atoms with Crippen molar-refractivity contribution in [1.82, 2.24) is 4.90 Å². The molecule has 1 aliphatic rings. The predicted molar refractivity (Wildman–Crippen MR) is 141 cm³/mol. The molecule has 3 aromatic carbocycles.